The third kappa shape index (κ3) is 3.75. The minimum Gasteiger partial charge on any atom is -0.451 e. The van der Waals surface area contributed by atoms with E-state index in [0.29, 0.717) is 22.0 Å². The predicted octanol–water partition coefficient (Wildman–Crippen LogP) is 2.75. The fourth-order valence-electron chi connectivity index (χ4n) is 2.80. The number of ether oxygens (including phenoxy) is 1. The molecule has 0 radical (unpaired) electrons. The lowest BCUT2D eigenvalue weighted by molar-refractivity contribution is -0.152. The zero-order valence-corrected chi connectivity index (χ0v) is 15.9. The Morgan fingerprint density at radius 1 is 1.14 bits per heavy atom. The zero-order chi connectivity index (χ0) is 20.4. The number of amides is 2. The summed E-state index contributed by atoms with van der Waals surface area (Å²) < 4.78 is 5.13. The van der Waals surface area contributed by atoms with Crippen LogP contribution in [0.2, 0.25) is 5.02 Å². The van der Waals surface area contributed by atoms with Crippen LogP contribution in [-0.2, 0) is 19.1 Å². The molecule has 0 saturated carbocycles. The molecule has 0 unspecified atom stereocenters. The van der Waals surface area contributed by atoms with Gasteiger partial charge >= 0.3 is 5.97 Å². The molecule has 3 rings (SSSR count). The molecule has 1 heterocycles. The van der Waals surface area contributed by atoms with Gasteiger partial charge in [0, 0.05) is 10.7 Å². The van der Waals surface area contributed by atoms with E-state index in [1.807, 2.05) is 0 Å². The standard InChI is InChI=1S/C20H17ClN2O5/c1-11-14(21)7-5-8-15(11)22-19(26)12(2)28-17(24)10-23-16-9-4-3-6-13(16)18(25)20(23)27/h3-9,12H,10H2,1-2H3,(H,22,26)/t12-/m0/s1. The average Bonchev–Trinajstić information content (AvgIpc) is 2.90. The van der Waals surface area contributed by atoms with E-state index in [4.69, 9.17) is 16.3 Å². The first kappa shape index (κ1) is 19.6. The summed E-state index contributed by atoms with van der Waals surface area (Å²) in [5, 5.41) is 3.14. The van der Waals surface area contributed by atoms with Gasteiger partial charge in [-0.3, -0.25) is 24.1 Å². The molecule has 144 valence electrons. The number of nitrogens with zero attached hydrogens (tertiary/aromatic N) is 1. The lowest BCUT2D eigenvalue weighted by atomic mass is 10.1. The smallest absolute Gasteiger partial charge is 0.326 e. The summed E-state index contributed by atoms with van der Waals surface area (Å²) in [5.74, 6) is -2.82. The Hall–Kier alpha value is -3.19. The molecule has 0 aromatic heterocycles. The van der Waals surface area contributed by atoms with Gasteiger partial charge in [0.1, 0.15) is 6.54 Å². The molecule has 0 bridgehead atoms. The summed E-state index contributed by atoms with van der Waals surface area (Å²) in [6.07, 6.45) is -1.10. The highest BCUT2D eigenvalue weighted by Gasteiger charge is 2.37. The largest absolute Gasteiger partial charge is 0.451 e. The highest BCUT2D eigenvalue weighted by atomic mass is 35.5. The Kier molecular flexibility index (Phi) is 5.46. The number of fused-ring (bicyclic) bond motifs is 1. The Morgan fingerprint density at radius 2 is 1.86 bits per heavy atom. The van der Waals surface area contributed by atoms with Crippen molar-refractivity contribution in [1.29, 1.82) is 0 Å². The molecule has 0 aliphatic carbocycles. The van der Waals surface area contributed by atoms with Crippen LogP contribution >= 0.6 is 11.6 Å². The Morgan fingerprint density at radius 3 is 2.61 bits per heavy atom. The van der Waals surface area contributed by atoms with Crippen molar-refractivity contribution in [1.82, 2.24) is 0 Å². The van der Waals surface area contributed by atoms with E-state index in [1.54, 1.807) is 43.3 Å². The van der Waals surface area contributed by atoms with E-state index < -0.39 is 36.2 Å². The lowest BCUT2D eigenvalue weighted by Crippen LogP contribution is -2.38. The number of Topliss-reactive ketones (excluding diaryl/α,β-unsaturated/α-hetero) is 1. The van der Waals surface area contributed by atoms with Crippen molar-refractivity contribution in [2.24, 2.45) is 0 Å². The molecule has 0 saturated heterocycles. The molecule has 2 aromatic rings. The minimum absolute atomic E-state index is 0.238. The molecule has 0 fully saturated rings. The van der Waals surface area contributed by atoms with Gasteiger partial charge in [0.15, 0.2) is 6.10 Å². The molecule has 1 aliphatic heterocycles. The first-order valence-electron chi connectivity index (χ1n) is 8.50. The normalized spacial score (nSPS) is 13.9. The van der Waals surface area contributed by atoms with Gasteiger partial charge in [-0.15, -0.1) is 0 Å². The number of hydrogen-bond acceptors (Lipinski definition) is 5. The van der Waals surface area contributed by atoms with Crippen LogP contribution in [0, 0.1) is 6.92 Å². The topological polar surface area (TPSA) is 92.8 Å². The van der Waals surface area contributed by atoms with Gasteiger partial charge in [0.2, 0.25) is 0 Å². The molecular weight excluding hydrogens is 384 g/mol. The molecular formula is C20H17ClN2O5. The number of benzene rings is 2. The first-order chi connectivity index (χ1) is 13.3. The summed E-state index contributed by atoms with van der Waals surface area (Å²) in [5.41, 5.74) is 1.78. The summed E-state index contributed by atoms with van der Waals surface area (Å²) in [6.45, 7) is 2.70. The maximum Gasteiger partial charge on any atom is 0.326 e. The van der Waals surface area contributed by atoms with E-state index in [0.717, 1.165) is 4.90 Å². The average molecular weight is 401 g/mol. The van der Waals surface area contributed by atoms with Crippen molar-refractivity contribution < 1.29 is 23.9 Å². The number of nitrogens with one attached hydrogen (secondary N) is 1. The quantitative estimate of drug-likeness (QED) is 0.615. The first-order valence-corrected chi connectivity index (χ1v) is 8.88. The van der Waals surface area contributed by atoms with Gasteiger partial charge in [-0.2, -0.15) is 0 Å². The van der Waals surface area contributed by atoms with Crippen molar-refractivity contribution >= 4 is 46.5 Å². The minimum atomic E-state index is -1.10. The van der Waals surface area contributed by atoms with Crippen LogP contribution in [0.1, 0.15) is 22.8 Å². The monoisotopic (exact) mass is 400 g/mol. The second-order valence-electron chi connectivity index (χ2n) is 6.27. The number of halogens is 1. The molecule has 7 nitrogen and oxygen atoms in total. The molecule has 1 atom stereocenters. The van der Waals surface area contributed by atoms with E-state index in [9.17, 15) is 19.2 Å². The van der Waals surface area contributed by atoms with Crippen LogP contribution < -0.4 is 10.2 Å². The molecule has 8 heteroatoms. The van der Waals surface area contributed by atoms with Crippen molar-refractivity contribution in [3.8, 4) is 0 Å². The number of carbonyl (C=O) groups excluding carboxylic acids is 4. The van der Waals surface area contributed by atoms with Crippen LogP contribution in [0.3, 0.4) is 0 Å². The van der Waals surface area contributed by atoms with Crippen molar-refractivity contribution in [3.63, 3.8) is 0 Å². The number of ketones is 1. The number of anilines is 2. The van der Waals surface area contributed by atoms with Gasteiger partial charge < -0.3 is 10.1 Å². The number of rotatable bonds is 5. The third-order valence-corrected chi connectivity index (χ3v) is 4.78. The molecule has 0 spiro atoms. The van der Waals surface area contributed by atoms with Crippen molar-refractivity contribution in [3.05, 3.63) is 58.6 Å². The van der Waals surface area contributed by atoms with Crippen LogP contribution in [0.4, 0.5) is 11.4 Å². The Bertz CT molecular complexity index is 988. The summed E-state index contributed by atoms with van der Waals surface area (Å²) in [7, 11) is 0. The fraction of sp³-hybridized carbons (Fsp3) is 0.200. The highest BCUT2D eigenvalue weighted by Crippen LogP contribution is 2.28. The SMILES string of the molecule is Cc1c(Cl)cccc1NC(=O)[C@H](C)OC(=O)CN1C(=O)C(=O)c2ccccc21. The number of carbonyl (C=O) groups is 4. The number of hydrogen-bond donors (Lipinski definition) is 1. The molecule has 28 heavy (non-hydrogen) atoms. The predicted molar refractivity (Wildman–Crippen MR) is 103 cm³/mol. The van der Waals surface area contributed by atoms with Crippen LogP contribution in [0.5, 0.6) is 0 Å². The second kappa shape index (κ2) is 7.82. The summed E-state index contributed by atoms with van der Waals surface area (Å²) in [4.78, 5) is 49.6. The van der Waals surface area contributed by atoms with Crippen LogP contribution in [0.25, 0.3) is 0 Å². The van der Waals surface area contributed by atoms with E-state index in [1.165, 1.54) is 13.0 Å². The number of esters is 1. The van der Waals surface area contributed by atoms with E-state index >= 15 is 0 Å². The van der Waals surface area contributed by atoms with Crippen molar-refractivity contribution in [2.45, 2.75) is 20.0 Å². The maximum absolute atomic E-state index is 12.3. The van der Waals surface area contributed by atoms with Gasteiger partial charge in [-0.05, 0) is 43.7 Å². The lowest BCUT2D eigenvalue weighted by Gasteiger charge is -2.18. The van der Waals surface area contributed by atoms with Gasteiger partial charge in [0.05, 0.1) is 11.3 Å². The van der Waals surface area contributed by atoms with Crippen LogP contribution in [-0.4, -0.2) is 36.2 Å². The van der Waals surface area contributed by atoms with Gasteiger partial charge in [0.25, 0.3) is 17.6 Å². The highest BCUT2D eigenvalue weighted by molar-refractivity contribution is 6.52. The maximum atomic E-state index is 12.3. The molecule has 1 aliphatic rings. The molecule has 2 aromatic carbocycles. The van der Waals surface area contributed by atoms with Crippen molar-refractivity contribution in [2.75, 3.05) is 16.8 Å². The summed E-state index contributed by atoms with van der Waals surface area (Å²) >= 11 is 6.02. The zero-order valence-electron chi connectivity index (χ0n) is 15.2. The van der Waals surface area contributed by atoms with Gasteiger partial charge in [-0.1, -0.05) is 29.8 Å². The second-order valence-corrected chi connectivity index (χ2v) is 6.68. The van der Waals surface area contributed by atoms with Crippen LogP contribution in [0.15, 0.2) is 42.5 Å². The number of para-hydroxylation sites is 1. The van der Waals surface area contributed by atoms with E-state index in [-0.39, 0.29) is 5.56 Å². The molecule has 2 amide bonds. The Balaban J connectivity index is 1.63. The van der Waals surface area contributed by atoms with Gasteiger partial charge in [-0.25, -0.2) is 0 Å². The Labute approximate surface area is 166 Å². The summed E-state index contributed by atoms with van der Waals surface area (Å²) in [6, 6.07) is 11.5. The third-order valence-electron chi connectivity index (χ3n) is 4.37. The van der Waals surface area contributed by atoms with E-state index in [2.05, 4.69) is 5.32 Å². The molecule has 1 N–H and O–H groups in total. The fourth-order valence-corrected chi connectivity index (χ4v) is 2.97.